The Morgan fingerprint density at radius 3 is 2.75 bits per heavy atom. The minimum atomic E-state index is -0.292. The molecule has 0 fully saturated rings. The van der Waals surface area contributed by atoms with Crippen molar-refractivity contribution in [1.29, 1.82) is 0 Å². The highest BCUT2D eigenvalue weighted by atomic mass is 32.1. The fourth-order valence-corrected chi connectivity index (χ4v) is 2.66. The van der Waals surface area contributed by atoms with E-state index in [0.717, 1.165) is 5.56 Å². The summed E-state index contributed by atoms with van der Waals surface area (Å²) in [5.41, 5.74) is 1.47. The number of carbonyl (C=O) groups is 1. The van der Waals surface area contributed by atoms with Gasteiger partial charge in [0.05, 0.1) is 12.3 Å². The number of nitrogens with zero attached hydrogens (tertiary/aromatic N) is 1. The number of thiazole rings is 1. The Morgan fingerprint density at radius 2 is 2.10 bits per heavy atom. The van der Waals surface area contributed by atoms with Gasteiger partial charge in [0.1, 0.15) is 15.7 Å². The summed E-state index contributed by atoms with van der Waals surface area (Å²) in [4.78, 5) is 16.9. The molecule has 4 nitrogen and oxygen atoms in total. The van der Waals surface area contributed by atoms with Crippen molar-refractivity contribution in [2.24, 2.45) is 0 Å². The van der Waals surface area contributed by atoms with Gasteiger partial charge in [-0.25, -0.2) is 9.37 Å². The van der Waals surface area contributed by atoms with Gasteiger partial charge in [0.2, 0.25) is 0 Å². The molecular formula is C14H15FN2O2S. The highest BCUT2D eigenvalue weighted by Crippen LogP contribution is 2.27. The van der Waals surface area contributed by atoms with Gasteiger partial charge in [0.25, 0.3) is 5.91 Å². The number of rotatable bonds is 5. The van der Waals surface area contributed by atoms with Crippen LogP contribution in [-0.4, -0.2) is 31.2 Å². The van der Waals surface area contributed by atoms with Gasteiger partial charge in [0, 0.05) is 19.2 Å². The number of halogens is 1. The van der Waals surface area contributed by atoms with Crippen LogP contribution in [0.3, 0.4) is 0 Å². The molecule has 0 aliphatic rings. The van der Waals surface area contributed by atoms with E-state index >= 15 is 0 Å². The topological polar surface area (TPSA) is 51.2 Å². The van der Waals surface area contributed by atoms with Crippen LogP contribution in [0, 0.1) is 12.7 Å². The molecule has 2 rings (SSSR count). The average Bonchev–Trinajstić information content (AvgIpc) is 2.82. The zero-order valence-corrected chi connectivity index (χ0v) is 12.1. The number of methoxy groups -OCH3 is 1. The molecule has 1 N–H and O–H groups in total. The van der Waals surface area contributed by atoms with Gasteiger partial charge in [-0.05, 0) is 31.2 Å². The third kappa shape index (κ3) is 3.40. The van der Waals surface area contributed by atoms with Gasteiger partial charge in [-0.3, -0.25) is 4.79 Å². The minimum Gasteiger partial charge on any atom is -0.383 e. The molecule has 0 saturated carbocycles. The number of aryl methyl sites for hydroxylation is 1. The van der Waals surface area contributed by atoms with Crippen LogP contribution in [0.5, 0.6) is 0 Å². The molecule has 1 heterocycles. The van der Waals surface area contributed by atoms with E-state index < -0.39 is 0 Å². The summed E-state index contributed by atoms with van der Waals surface area (Å²) in [7, 11) is 1.58. The highest BCUT2D eigenvalue weighted by Gasteiger charge is 2.15. The molecule has 0 bridgehead atoms. The zero-order chi connectivity index (χ0) is 14.5. The quantitative estimate of drug-likeness (QED) is 0.863. The summed E-state index contributed by atoms with van der Waals surface area (Å²) in [5.74, 6) is -0.454. The molecule has 0 aliphatic carbocycles. The van der Waals surface area contributed by atoms with Crippen LogP contribution in [0.1, 0.15) is 15.4 Å². The maximum absolute atomic E-state index is 12.9. The van der Waals surface area contributed by atoms with Gasteiger partial charge in [-0.2, -0.15) is 0 Å². The number of hydrogen-bond acceptors (Lipinski definition) is 4. The van der Waals surface area contributed by atoms with Crippen LogP contribution in [0.4, 0.5) is 4.39 Å². The second-order valence-corrected chi connectivity index (χ2v) is 5.19. The second-order valence-electron chi connectivity index (χ2n) is 4.19. The van der Waals surface area contributed by atoms with Gasteiger partial charge < -0.3 is 10.1 Å². The lowest BCUT2D eigenvalue weighted by Crippen LogP contribution is -2.26. The second kappa shape index (κ2) is 6.58. The lowest BCUT2D eigenvalue weighted by atomic mass is 10.2. The first-order chi connectivity index (χ1) is 9.61. The van der Waals surface area contributed by atoms with E-state index in [4.69, 9.17) is 4.74 Å². The molecule has 0 saturated heterocycles. The Labute approximate surface area is 120 Å². The van der Waals surface area contributed by atoms with Crippen molar-refractivity contribution >= 4 is 17.2 Å². The Kier molecular flexibility index (Phi) is 4.81. The van der Waals surface area contributed by atoms with Crippen LogP contribution in [0.15, 0.2) is 24.3 Å². The number of benzene rings is 1. The van der Waals surface area contributed by atoms with Crippen molar-refractivity contribution in [2.45, 2.75) is 6.92 Å². The van der Waals surface area contributed by atoms with Gasteiger partial charge in [0.15, 0.2) is 0 Å². The third-order valence-electron chi connectivity index (χ3n) is 2.69. The molecule has 0 spiro atoms. The summed E-state index contributed by atoms with van der Waals surface area (Å²) in [5, 5.41) is 3.47. The summed E-state index contributed by atoms with van der Waals surface area (Å²) in [6.07, 6.45) is 0. The lowest BCUT2D eigenvalue weighted by Gasteiger charge is -2.02. The average molecular weight is 294 g/mol. The van der Waals surface area contributed by atoms with Crippen LogP contribution in [0.25, 0.3) is 10.6 Å². The summed E-state index contributed by atoms with van der Waals surface area (Å²) >= 11 is 1.30. The normalized spacial score (nSPS) is 10.6. The van der Waals surface area contributed by atoms with E-state index in [1.165, 1.54) is 23.5 Å². The summed E-state index contributed by atoms with van der Waals surface area (Å²) in [6, 6.07) is 6.06. The zero-order valence-electron chi connectivity index (χ0n) is 11.3. The highest BCUT2D eigenvalue weighted by molar-refractivity contribution is 7.17. The monoisotopic (exact) mass is 294 g/mol. The number of nitrogens with one attached hydrogen (secondary N) is 1. The van der Waals surface area contributed by atoms with Gasteiger partial charge in [-0.1, -0.05) is 0 Å². The maximum Gasteiger partial charge on any atom is 0.263 e. The summed E-state index contributed by atoms with van der Waals surface area (Å²) < 4.78 is 17.8. The van der Waals surface area contributed by atoms with Gasteiger partial charge >= 0.3 is 0 Å². The molecule has 1 aromatic carbocycles. The van der Waals surface area contributed by atoms with E-state index in [-0.39, 0.29) is 11.7 Å². The lowest BCUT2D eigenvalue weighted by molar-refractivity contribution is 0.0940. The molecule has 0 atom stereocenters. The Hall–Kier alpha value is -1.79. The number of hydrogen-bond donors (Lipinski definition) is 1. The maximum atomic E-state index is 12.9. The van der Waals surface area contributed by atoms with Crippen molar-refractivity contribution < 1.29 is 13.9 Å². The van der Waals surface area contributed by atoms with E-state index in [2.05, 4.69) is 10.3 Å². The van der Waals surface area contributed by atoms with E-state index in [1.54, 1.807) is 26.2 Å². The van der Waals surface area contributed by atoms with Gasteiger partial charge in [-0.15, -0.1) is 11.3 Å². The first-order valence-corrected chi connectivity index (χ1v) is 6.94. The predicted molar refractivity (Wildman–Crippen MR) is 76.5 cm³/mol. The van der Waals surface area contributed by atoms with Crippen LogP contribution < -0.4 is 5.32 Å². The molecule has 2 aromatic rings. The van der Waals surface area contributed by atoms with Crippen molar-refractivity contribution in [1.82, 2.24) is 10.3 Å². The van der Waals surface area contributed by atoms with Crippen molar-refractivity contribution in [2.75, 3.05) is 20.3 Å². The van der Waals surface area contributed by atoms with Crippen molar-refractivity contribution in [3.05, 3.63) is 40.7 Å². The number of ether oxygens (including phenoxy) is 1. The largest absolute Gasteiger partial charge is 0.383 e. The first kappa shape index (κ1) is 14.6. The number of amides is 1. The molecule has 1 aromatic heterocycles. The van der Waals surface area contributed by atoms with E-state index in [0.29, 0.717) is 28.7 Å². The first-order valence-electron chi connectivity index (χ1n) is 6.12. The third-order valence-corrected chi connectivity index (χ3v) is 3.89. The van der Waals surface area contributed by atoms with Crippen LogP contribution >= 0.6 is 11.3 Å². The van der Waals surface area contributed by atoms with Crippen LogP contribution in [0.2, 0.25) is 0 Å². The number of aromatic nitrogens is 1. The van der Waals surface area contributed by atoms with E-state index in [1.807, 2.05) is 0 Å². The molecule has 106 valence electrons. The molecule has 0 unspecified atom stereocenters. The molecule has 6 heteroatoms. The Morgan fingerprint density at radius 1 is 1.40 bits per heavy atom. The fraction of sp³-hybridized carbons (Fsp3) is 0.286. The van der Waals surface area contributed by atoms with E-state index in [9.17, 15) is 9.18 Å². The molecule has 20 heavy (non-hydrogen) atoms. The fourth-order valence-electron chi connectivity index (χ4n) is 1.67. The van der Waals surface area contributed by atoms with Crippen molar-refractivity contribution in [3.8, 4) is 10.6 Å². The minimum absolute atomic E-state index is 0.162. The molecule has 0 radical (unpaired) electrons. The smallest absolute Gasteiger partial charge is 0.263 e. The SMILES string of the molecule is COCCNC(=O)c1sc(-c2ccc(F)cc2)nc1C. The molecule has 0 aliphatic heterocycles. The molecule has 1 amide bonds. The van der Waals surface area contributed by atoms with Crippen molar-refractivity contribution in [3.63, 3.8) is 0 Å². The van der Waals surface area contributed by atoms with Crippen LogP contribution in [-0.2, 0) is 4.74 Å². The molecular weight excluding hydrogens is 279 g/mol. The Balaban J connectivity index is 2.16. The predicted octanol–water partition coefficient (Wildman–Crippen LogP) is 2.63. The Bertz CT molecular complexity index is 596. The standard InChI is InChI=1S/C14H15FN2O2S/c1-9-12(13(18)16-7-8-19-2)20-14(17-9)10-3-5-11(15)6-4-10/h3-6H,7-8H2,1-2H3,(H,16,18). The number of carbonyl (C=O) groups excluding carboxylic acids is 1. The summed E-state index contributed by atoms with van der Waals surface area (Å²) in [6.45, 7) is 2.71.